The second-order valence-electron chi connectivity index (χ2n) is 6.17. The third-order valence-corrected chi connectivity index (χ3v) is 5.22. The summed E-state index contributed by atoms with van der Waals surface area (Å²) in [5, 5.41) is 7.02. The summed E-state index contributed by atoms with van der Waals surface area (Å²) in [7, 11) is 0. The zero-order valence-corrected chi connectivity index (χ0v) is 14.6. The molecule has 1 saturated carbocycles. The molecule has 1 saturated heterocycles. The van der Waals surface area contributed by atoms with Gasteiger partial charge in [-0.25, -0.2) is 0 Å². The lowest BCUT2D eigenvalue weighted by Gasteiger charge is -2.24. The average Bonchev–Trinajstić information content (AvgIpc) is 3.14. The molecule has 2 N–H and O–H groups in total. The van der Waals surface area contributed by atoms with Crippen molar-refractivity contribution in [2.24, 2.45) is 4.99 Å². The van der Waals surface area contributed by atoms with Gasteiger partial charge < -0.3 is 10.6 Å². The third kappa shape index (κ3) is 5.70. The number of aliphatic imine (C=N–C) groups is 1. The quantitative estimate of drug-likeness (QED) is 0.430. The summed E-state index contributed by atoms with van der Waals surface area (Å²) in [5.41, 5.74) is 0. The summed E-state index contributed by atoms with van der Waals surface area (Å²) in [6.07, 6.45) is 10.3. The van der Waals surface area contributed by atoms with Gasteiger partial charge in [-0.3, -0.25) is 9.89 Å². The van der Waals surface area contributed by atoms with E-state index in [-0.39, 0.29) is 0 Å². The molecule has 0 bridgehead atoms. The summed E-state index contributed by atoms with van der Waals surface area (Å²) in [6, 6.07) is 1.43. The van der Waals surface area contributed by atoms with Crippen molar-refractivity contribution < 1.29 is 0 Å². The highest BCUT2D eigenvalue weighted by Crippen LogP contribution is 2.26. The van der Waals surface area contributed by atoms with Gasteiger partial charge in [-0.2, -0.15) is 11.8 Å². The third-order valence-electron chi connectivity index (χ3n) is 4.52. The van der Waals surface area contributed by atoms with E-state index in [1.807, 2.05) is 11.8 Å². The first-order valence-corrected chi connectivity index (χ1v) is 10.0. The number of guanidine groups is 1. The van der Waals surface area contributed by atoms with Crippen LogP contribution in [0.1, 0.15) is 45.4 Å². The van der Waals surface area contributed by atoms with Crippen LogP contribution >= 0.6 is 11.8 Å². The van der Waals surface area contributed by atoms with E-state index in [0.29, 0.717) is 6.04 Å². The van der Waals surface area contributed by atoms with Crippen molar-refractivity contribution in [3.05, 3.63) is 0 Å². The Labute approximate surface area is 134 Å². The molecule has 0 aromatic heterocycles. The SMILES string of the molecule is CCNC(=NCCCSC)NC1CCN(C2CCCC2)C1. The summed E-state index contributed by atoms with van der Waals surface area (Å²) < 4.78 is 0. The normalized spacial score (nSPS) is 24.7. The summed E-state index contributed by atoms with van der Waals surface area (Å²) >= 11 is 1.90. The van der Waals surface area contributed by atoms with Gasteiger partial charge in [-0.05, 0) is 44.6 Å². The van der Waals surface area contributed by atoms with Crippen LogP contribution in [0.5, 0.6) is 0 Å². The number of nitrogens with zero attached hydrogens (tertiary/aromatic N) is 2. The maximum absolute atomic E-state index is 4.70. The second-order valence-corrected chi connectivity index (χ2v) is 7.16. The Bertz CT molecular complexity index is 315. The first kappa shape index (κ1) is 16.9. The molecule has 2 rings (SSSR count). The standard InChI is InChI=1S/C16H32N4S/c1-3-17-16(18-10-6-12-21-2)19-14-9-11-20(13-14)15-7-4-5-8-15/h14-15H,3-13H2,1-2H3,(H2,17,18,19). The molecule has 21 heavy (non-hydrogen) atoms. The Kier molecular flexibility index (Phi) is 7.72. The molecule has 2 fully saturated rings. The second kappa shape index (κ2) is 9.57. The summed E-state index contributed by atoms with van der Waals surface area (Å²) in [6.45, 7) is 6.45. The number of thioether (sulfide) groups is 1. The zero-order valence-electron chi connectivity index (χ0n) is 13.7. The van der Waals surface area contributed by atoms with E-state index >= 15 is 0 Å². The molecule has 1 unspecified atom stereocenters. The van der Waals surface area contributed by atoms with E-state index in [2.05, 4.69) is 28.7 Å². The highest BCUT2D eigenvalue weighted by atomic mass is 32.2. The van der Waals surface area contributed by atoms with Crippen LogP contribution in [0.4, 0.5) is 0 Å². The number of nitrogens with one attached hydrogen (secondary N) is 2. The molecule has 0 aromatic carbocycles. The highest BCUT2D eigenvalue weighted by molar-refractivity contribution is 7.98. The lowest BCUT2D eigenvalue weighted by Crippen LogP contribution is -2.45. The van der Waals surface area contributed by atoms with Crippen LogP contribution in [-0.2, 0) is 0 Å². The van der Waals surface area contributed by atoms with Crippen LogP contribution in [0.3, 0.4) is 0 Å². The monoisotopic (exact) mass is 312 g/mol. The van der Waals surface area contributed by atoms with Crippen molar-refractivity contribution >= 4 is 17.7 Å². The number of likely N-dealkylation sites (tertiary alicyclic amines) is 1. The number of hydrogen-bond donors (Lipinski definition) is 2. The first-order chi connectivity index (χ1) is 10.3. The van der Waals surface area contributed by atoms with Crippen LogP contribution in [0, 0.1) is 0 Å². The molecule has 0 amide bonds. The van der Waals surface area contributed by atoms with Gasteiger partial charge in [0.25, 0.3) is 0 Å². The van der Waals surface area contributed by atoms with Gasteiger partial charge in [0.1, 0.15) is 0 Å². The molecule has 0 radical (unpaired) electrons. The van der Waals surface area contributed by atoms with Gasteiger partial charge in [-0.1, -0.05) is 12.8 Å². The van der Waals surface area contributed by atoms with E-state index in [9.17, 15) is 0 Å². The van der Waals surface area contributed by atoms with Crippen LogP contribution in [-0.4, -0.2) is 61.1 Å². The lowest BCUT2D eigenvalue weighted by atomic mass is 10.2. The topological polar surface area (TPSA) is 39.7 Å². The van der Waals surface area contributed by atoms with Crippen molar-refractivity contribution in [1.29, 1.82) is 0 Å². The lowest BCUT2D eigenvalue weighted by molar-refractivity contribution is 0.242. The maximum atomic E-state index is 4.70. The molecule has 0 spiro atoms. The van der Waals surface area contributed by atoms with E-state index in [0.717, 1.165) is 31.5 Å². The average molecular weight is 313 g/mol. The molecule has 2 aliphatic rings. The summed E-state index contributed by atoms with van der Waals surface area (Å²) in [5.74, 6) is 2.21. The van der Waals surface area contributed by atoms with Gasteiger partial charge in [0.2, 0.25) is 0 Å². The van der Waals surface area contributed by atoms with E-state index in [1.54, 1.807) is 0 Å². The van der Waals surface area contributed by atoms with Crippen molar-refractivity contribution in [2.45, 2.75) is 57.5 Å². The fourth-order valence-corrected chi connectivity index (χ4v) is 3.84. The smallest absolute Gasteiger partial charge is 0.191 e. The number of hydrogen-bond acceptors (Lipinski definition) is 3. The van der Waals surface area contributed by atoms with Crippen LogP contribution in [0.25, 0.3) is 0 Å². The first-order valence-electron chi connectivity index (χ1n) is 8.61. The van der Waals surface area contributed by atoms with Crippen molar-refractivity contribution in [1.82, 2.24) is 15.5 Å². The van der Waals surface area contributed by atoms with Gasteiger partial charge in [0.15, 0.2) is 5.96 Å². The Morgan fingerprint density at radius 3 is 2.81 bits per heavy atom. The maximum Gasteiger partial charge on any atom is 0.191 e. The highest BCUT2D eigenvalue weighted by Gasteiger charge is 2.30. The molecular weight excluding hydrogens is 280 g/mol. The predicted molar refractivity (Wildman–Crippen MR) is 94.3 cm³/mol. The van der Waals surface area contributed by atoms with Gasteiger partial charge in [-0.15, -0.1) is 0 Å². The fraction of sp³-hybridized carbons (Fsp3) is 0.938. The van der Waals surface area contributed by atoms with E-state index in [1.165, 1.54) is 50.9 Å². The summed E-state index contributed by atoms with van der Waals surface area (Å²) in [4.78, 5) is 7.40. The van der Waals surface area contributed by atoms with Crippen LogP contribution < -0.4 is 10.6 Å². The predicted octanol–water partition coefficient (Wildman–Crippen LogP) is 2.31. The van der Waals surface area contributed by atoms with Crippen molar-refractivity contribution in [3.8, 4) is 0 Å². The molecule has 122 valence electrons. The van der Waals surface area contributed by atoms with Gasteiger partial charge in [0.05, 0.1) is 0 Å². The molecule has 5 heteroatoms. The fourth-order valence-electron chi connectivity index (χ4n) is 3.42. The van der Waals surface area contributed by atoms with Gasteiger partial charge in [0, 0.05) is 38.3 Å². The molecule has 1 atom stereocenters. The Morgan fingerprint density at radius 2 is 2.10 bits per heavy atom. The number of rotatable bonds is 7. The minimum atomic E-state index is 0.573. The van der Waals surface area contributed by atoms with Crippen molar-refractivity contribution in [2.75, 3.05) is 38.2 Å². The Balaban J connectivity index is 1.75. The Morgan fingerprint density at radius 1 is 1.29 bits per heavy atom. The van der Waals surface area contributed by atoms with Gasteiger partial charge >= 0.3 is 0 Å². The molecular formula is C16H32N4S. The Hall–Kier alpha value is -0.420. The molecule has 1 aliphatic carbocycles. The molecule has 4 nitrogen and oxygen atoms in total. The van der Waals surface area contributed by atoms with Crippen LogP contribution in [0.15, 0.2) is 4.99 Å². The van der Waals surface area contributed by atoms with E-state index < -0.39 is 0 Å². The minimum Gasteiger partial charge on any atom is -0.357 e. The van der Waals surface area contributed by atoms with E-state index in [4.69, 9.17) is 4.99 Å². The van der Waals surface area contributed by atoms with Crippen molar-refractivity contribution in [3.63, 3.8) is 0 Å². The van der Waals surface area contributed by atoms with Crippen LogP contribution in [0.2, 0.25) is 0 Å². The molecule has 1 heterocycles. The minimum absolute atomic E-state index is 0.573. The molecule has 0 aromatic rings. The largest absolute Gasteiger partial charge is 0.357 e. The molecule has 1 aliphatic heterocycles. The zero-order chi connectivity index (χ0) is 14.9.